The second-order valence-corrected chi connectivity index (χ2v) is 31.3. The number of ether oxygens (including phenoxy) is 4. The van der Waals surface area contributed by atoms with Crippen LogP contribution >= 0.6 is 15.6 Å². The molecule has 0 amide bonds. The molecule has 0 aliphatic heterocycles. The van der Waals surface area contributed by atoms with E-state index in [-0.39, 0.29) is 25.7 Å². The molecule has 4 unspecified atom stereocenters. The van der Waals surface area contributed by atoms with E-state index in [9.17, 15) is 43.2 Å². The standard InChI is InChI=1S/C76H148O17P2/c1-8-11-12-13-14-26-36-43-50-57-73(78)86-63-72(93-76(81)60-53-46-39-32-31-35-42-49-56-69(7)10-3)66-91-95(84,85)89-62-70(77)61-88-94(82,83)90-65-71(64-87-74(79)58-51-44-37-29-24-21-17-18-22-27-33-40-47-54-67(4)5)92-75(80)59-52-45-38-30-25-20-16-15-19-23-28-34-41-48-55-68(6)9-2/h67-72,77H,8-66H2,1-7H3,(H,82,83)(H,84,85)/t68?,69?,70-,71-,72-/m1/s1. The van der Waals surface area contributed by atoms with Crippen LogP contribution in [0.25, 0.3) is 0 Å². The van der Waals surface area contributed by atoms with Crippen LogP contribution in [0.3, 0.4) is 0 Å². The second-order valence-electron chi connectivity index (χ2n) is 28.4. The van der Waals surface area contributed by atoms with E-state index in [1.54, 1.807) is 0 Å². The number of unbranched alkanes of at least 4 members (excludes halogenated alkanes) is 40. The van der Waals surface area contributed by atoms with Crippen LogP contribution in [0.2, 0.25) is 0 Å². The van der Waals surface area contributed by atoms with Gasteiger partial charge in [-0.15, -0.1) is 0 Å². The molecule has 7 atom stereocenters. The molecule has 3 N–H and O–H groups in total. The predicted molar refractivity (Wildman–Crippen MR) is 386 cm³/mol. The highest BCUT2D eigenvalue weighted by Crippen LogP contribution is 2.45. The van der Waals surface area contributed by atoms with Gasteiger partial charge in [0.25, 0.3) is 0 Å². The molecule has 0 heterocycles. The van der Waals surface area contributed by atoms with Crippen LogP contribution in [0.5, 0.6) is 0 Å². The van der Waals surface area contributed by atoms with Crippen molar-refractivity contribution in [2.75, 3.05) is 39.6 Å². The molecule has 0 spiro atoms. The first-order valence-corrected chi connectivity index (χ1v) is 42.4. The number of phosphoric acid groups is 2. The first-order valence-electron chi connectivity index (χ1n) is 39.4. The molecule has 0 bridgehead atoms. The third kappa shape index (κ3) is 67.6. The Labute approximate surface area is 581 Å². The molecule has 0 rings (SSSR count). The van der Waals surface area contributed by atoms with Gasteiger partial charge in [0.1, 0.15) is 19.3 Å². The molecule has 0 aromatic heterocycles. The highest BCUT2D eigenvalue weighted by Gasteiger charge is 2.30. The van der Waals surface area contributed by atoms with Gasteiger partial charge in [-0.2, -0.15) is 0 Å². The van der Waals surface area contributed by atoms with Crippen LogP contribution in [-0.2, 0) is 65.4 Å². The van der Waals surface area contributed by atoms with Gasteiger partial charge in [-0.3, -0.25) is 37.3 Å². The highest BCUT2D eigenvalue weighted by molar-refractivity contribution is 7.47. The van der Waals surface area contributed by atoms with Gasteiger partial charge in [-0.05, 0) is 43.4 Å². The first-order chi connectivity index (χ1) is 45.8. The van der Waals surface area contributed by atoms with Crippen molar-refractivity contribution >= 4 is 39.5 Å². The molecular weight excluding hydrogens is 1250 g/mol. The lowest BCUT2D eigenvalue weighted by Crippen LogP contribution is -2.30. The number of aliphatic hydroxyl groups excluding tert-OH is 1. The van der Waals surface area contributed by atoms with Gasteiger partial charge in [-0.1, -0.05) is 337 Å². The van der Waals surface area contributed by atoms with E-state index in [2.05, 4.69) is 48.5 Å². The first kappa shape index (κ1) is 93.1. The third-order valence-electron chi connectivity index (χ3n) is 18.4. The molecule has 95 heavy (non-hydrogen) atoms. The summed E-state index contributed by atoms with van der Waals surface area (Å²) in [6.07, 6.45) is 52.6. The van der Waals surface area contributed by atoms with E-state index in [1.807, 2.05) is 0 Å². The molecule has 0 aliphatic carbocycles. The zero-order valence-electron chi connectivity index (χ0n) is 62.1. The average molecular weight is 1400 g/mol. The topological polar surface area (TPSA) is 237 Å². The second kappa shape index (κ2) is 66.6. The summed E-state index contributed by atoms with van der Waals surface area (Å²) in [4.78, 5) is 72.8. The van der Waals surface area contributed by atoms with Crippen LogP contribution in [0.1, 0.15) is 389 Å². The van der Waals surface area contributed by atoms with Gasteiger partial charge in [-0.25, -0.2) is 9.13 Å². The smallest absolute Gasteiger partial charge is 0.462 e. The maximum Gasteiger partial charge on any atom is 0.472 e. The summed E-state index contributed by atoms with van der Waals surface area (Å²) in [7, 11) is -9.91. The van der Waals surface area contributed by atoms with Crippen molar-refractivity contribution in [3.63, 3.8) is 0 Å². The molecule has 17 nitrogen and oxygen atoms in total. The normalized spacial score (nSPS) is 14.6. The summed E-state index contributed by atoms with van der Waals surface area (Å²) >= 11 is 0. The van der Waals surface area contributed by atoms with Gasteiger partial charge < -0.3 is 33.8 Å². The summed E-state index contributed by atoms with van der Waals surface area (Å²) in [5.41, 5.74) is 0. The third-order valence-corrected chi connectivity index (χ3v) is 20.3. The van der Waals surface area contributed by atoms with Gasteiger partial charge in [0, 0.05) is 25.7 Å². The fraction of sp³-hybridized carbons (Fsp3) is 0.947. The Hall–Kier alpha value is -1.94. The quantitative estimate of drug-likeness (QED) is 0.0222. The number of hydrogen-bond donors (Lipinski definition) is 3. The minimum absolute atomic E-state index is 0.105. The molecule has 0 saturated heterocycles. The van der Waals surface area contributed by atoms with E-state index in [4.69, 9.17) is 37.0 Å². The number of carbonyl (C=O) groups excluding carboxylic acids is 4. The molecule has 0 aromatic carbocycles. The number of hydrogen-bond acceptors (Lipinski definition) is 15. The minimum Gasteiger partial charge on any atom is -0.462 e. The monoisotopic (exact) mass is 1400 g/mol. The van der Waals surface area contributed by atoms with Crippen molar-refractivity contribution in [1.29, 1.82) is 0 Å². The maximum absolute atomic E-state index is 13.1. The molecule has 0 radical (unpaired) electrons. The van der Waals surface area contributed by atoms with Gasteiger partial charge in [0.05, 0.1) is 26.4 Å². The number of aliphatic hydroxyl groups is 1. The highest BCUT2D eigenvalue weighted by atomic mass is 31.2. The molecular formula is C76H148O17P2. The van der Waals surface area contributed by atoms with Crippen LogP contribution in [0, 0.1) is 17.8 Å². The number of phosphoric ester groups is 2. The Bertz CT molecular complexity index is 1860. The number of rotatable bonds is 74. The molecule has 19 heteroatoms. The summed E-state index contributed by atoms with van der Waals surface area (Å²) in [5.74, 6) is 0.287. The van der Waals surface area contributed by atoms with Crippen LogP contribution in [-0.4, -0.2) is 96.7 Å². The van der Waals surface area contributed by atoms with Crippen molar-refractivity contribution < 1.29 is 80.2 Å². The van der Waals surface area contributed by atoms with Crippen molar-refractivity contribution in [2.24, 2.45) is 17.8 Å². The largest absolute Gasteiger partial charge is 0.472 e. The fourth-order valence-corrected chi connectivity index (χ4v) is 13.1. The summed E-state index contributed by atoms with van der Waals surface area (Å²) in [6, 6.07) is 0. The average Bonchev–Trinajstić information content (AvgIpc) is 2.95. The Balaban J connectivity index is 5.24. The molecule has 0 aromatic rings. The number of esters is 4. The molecule has 0 aliphatic rings. The predicted octanol–water partition coefficient (Wildman–Crippen LogP) is 22.2. The number of carbonyl (C=O) groups is 4. The molecule has 0 saturated carbocycles. The lowest BCUT2D eigenvalue weighted by atomic mass is 9.99. The van der Waals surface area contributed by atoms with Crippen molar-refractivity contribution in [1.82, 2.24) is 0 Å². The van der Waals surface area contributed by atoms with E-state index in [0.717, 1.165) is 108 Å². The summed E-state index contributed by atoms with van der Waals surface area (Å²) in [6.45, 7) is 12.0. The lowest BCUT2D eigenvalue weighted by Gasteiger charge is -2.21. The van der Waals surface area contributed by atoms with E-state index >= 15 is 0 Å². The Morgan fingerprint density at radius 2 is 0.537 bits per heavy atom. The minimum atomic E-state index is -4.96. The van der Waals surface area contributed by atoms with E-state index < -0.39 is 97.5 Å². The van der Waals surface area contributed by atoms with Crippen LogP contribution < -0.4 is 0 Å². The lowest BCUT2D eigenvalue weighted by molar-refractivity contribution is -0.161. The fourth-order valence-electron chi connectivity index (χ4n) is 11.5. The van der Waals surface area contributed by atoms with Crippen LogP contribution in [0.15, 0.2) is 0 Å². The van der Waals surface area contributed by atoms with Crippen LogP contribution in [0.4, 0.5) is 0 Å². The van der Waals surface area contributed by atoms with Crippen molar-refractivity contribution in [2.45, 2.75) is 407 Å². The molecule has 0 fully saturated rings. The SMILES string of the molecule is CCCCCCCCCCCC(=O)OC[C@H](COP(=O)(O)OC[C@H](O)COP(=O)(O)OC[C@@H](COC(=O)CCCCCCCCCCCCCCCC(C)C)OC(=O)CCCCCCCCCCCCCCCCC(C)CC)OC(=O)CCCCCCCCCCC(C)CC. The maximum atomic E-state index is 13.1. The zero-order valence-corrected chi connectivity index (χ0v) is 63.9. The Morgan fingerprint density at radius 1 is 0.305 bits per heavy atom. The van der Waals surface area contributed by atoms with Crippen molar-refractivity contribution in [3.05, 3.63) is 0 Å². The van der Waals surface area contributed by atoms with Gasteiger partial charge in [0.15, 0.2) is 12.2 Å². The van der Waals surface area contributed by atoms with Crippen molar-refractivity contribution in [3.8, 4) is 0 Å². The van der Waals surface area contributed by atoms with E-state index in [0.29, 0.717) is 25.7 Å². The molecule has 564 valence electrons. The zero-order chi connectivity index (χ0) is 70.1. The van der Waals surface area contributed by atoms with Gasteiger partial charge in [0.2, 0.25) is 0 Å². The van der Waals surface area contributed by atoms with Gasteiger partial charge >= 0.3 is 39.5 Å². The summed E-state index contributed by atoms with van der Waals surface area (Å²) < 4.78 is 68.5. The van der Waals surface area contributed by atoms with E-state index in [1.165, 1.54) is 199 Å². The summed E-state index contributed by atoms with van der Waals surface area (Å²) in [5, 5.41) is 10.6. The Kier molecular flexibility index (Phi) is 65.2. The Morgan fingerprint density at radius 3 is 0.800 bits per heavy atom.